The second-order valence-corrected chi connectivity index (χ2v) is 6.28. The average Bonchev–Trinajstić information content (AvgIpc) is 2.95. The summed E-state index contributed by atoms with van der Waals surface area (Å²) in [7, 11) is 0. The summed E-state index contributed by atoms with van der Waals surface area (Å²) in [5.41, 5.74) is 1.45. The van der Waals surface area contributed by atoms with E-state index < -0.39 is 5.24 Å². The Morgan fingerprint density at radius 3 is 2.24 bits per heavy atom. The Balaban J connectivity index is 1.64. The van der Waals surface area contributed by atoms with Gasteiger partial charge in [0.15, 0.2) is 5.78 Å². The molecule has 1 saturated heterocycles. The van der Waals surface area contributed by atoms with Crippen LogP contribution in [0.15, 0.2) is 54.6 Å². The first kappa shape index (κ1) is 16.9. The van der Waals surface area contributed by atoms with Crippen LogP contribution in [-0.2, 0) is 4.79 Å². The number of thioether (sulfide) groups is 1. The van der Waals surface area contributed by atoms with Crippen LogP contribution in [-0.4, -0.2) is 40.0 Å². The third kappa shape index (κ3) is 3.95. The number of hydrogen-bond acceptors (Lipinski definition) is 5. The molecule has 0 aromatic heterocycles. The third-order valence-corrected chi connectivity index (χ3v) is 4.50. The molecule has 126 valence electrons. The molecule has 1 heterocycles. The summed E-state index contributed by atoms with van der Waals surface area (Å²) < 4.78 is 0. The first-order chi connectivity index (χ1) is 12.0. The van der Waals surface area contributed by atoms with Crippen molar-refractivity contribution >= 4 is 40.3 Å². The molecule has 2 aromatic carbocycles. The third-order valence-electron chi connectivity index (χ3n) is 3.64. The first-order valence-corrected chi connectivity index (χ1v) is 8.50. The number of nitrogens with zero attached hydrogens (tertiary/aromatic N) is 1. The van der Waals surface area contributed by atoms with Gasteiger partial charge in [-0.05, 0) is 36.4 Å². The van der Waals surface area contributed by atoms with Gasteiger partial charge in [0.1, 0.15) is 0 Å². The van der Waals surface area contributed by atoms with Crippen molar-refractivity contribution in [2.45, 2.75) is 0 Å². The lowest BCUT2D eigenvalue weighted by Crippen LogP contribution is -2.33. The van der Waals surface area contributed by atoms with Crippen molar-refractivity contribution in [1.82, 2.24) is 4.90 Å². The van der Waals surface area contributed by atoms with Gasteiger partial charge in [-0.3, -0.25) is 24.1 Å². The van der Waals surface area contributed by atoms with Gasteiger partial charge in [0.25, 0.3) is 11.1 Å². The SMILES string of the molecule is O=C(CN1C(=O)CSC1=O)c1ccc(NC(=O)c2ccccc2)cc1. The van der Waals surface area contributed by atoms with Crippen molar-refractivity contribution in [3.8, 4) is 0 Å². The highest BCUT2D eigenvalue weighted by atomic mass is 32.2. The molecule has 1 N–H and O–H groups in total. The number of anilines is 1. The minimum Gasteiger partial charge on any atom is -0.322 e. The molecule has 0 saturated carbocycles. The van der Waals surface area contributed by atoms with Crippen LogP contribution in [0.1, 0.15) is 20.7 Å². The number of carbonyl (C=O) groups excluding carboxylic acids is 4. The molecule has 1 aliphatic heterocycles. The molecule has 6 nitrogen and oxygen atoms in total. The van der Waals surface area contributed by atoms with Crippen LogP contribution in [0.5, 0.6) is 0 Å². The molecule has 0 spiro atoms. The van der Waals surface area contributed by atoms with Gasteiger partial charge < -0.3 is 5.32 Å². The van der Waals surface area contributed by atoms with E-state index in [1.54, 1.807) is 48.5 Å². The number of amides is 3. The van der Waals surface area contributed by atoms with Gasteiger partial charge >= 0.3 is 0 Å². The van der Waals surface area contributed by atoms with E-state index in [9.17, 15) is 19.2 Å². The van der Waals surface area contributed by atoms with E-state index in [-0.39, 0.29) is 29.9 Å². The molecule has 1 aliphatic rings. The summed E-state index contributed by atoms with van der Waals surface area (Å²) >= 11 is 0.896. The van der Waals surface area contributed by atoms with Gasteiger partial charge in [0.05, 0.1) is 12.3 Å². The lowest BCUT2D eigenvalue weighted by atomic mass is 10.1. The van der Waals surface area contributed by atoms with Crippen LogP contribution in [0, 0.1) is 0 Å². The summed E-state index contributed by atoms with van der Waals surface area (Å²) in [5.74, 6) is -0.846. The van der Waals surface area contributed by atoms with E-state index in [2.05, 4.69) is 5.32 Å². The number of ketones is 1. The Kier molecular flexibility index (Phi) is 4.95. The van der Waals surface area contributed by atoms with Crippen LogP contribution in [0.4, 0.5) is 10.5 Å². The monoisotopic (exact) mass is 354 g/mol. The quantitative estimate of drug-likeness (QED) is 0.835. The average molecular weight is 354 g/mol. The second-order valence-electron chi connectivity index (χ2n) is 5.36. The zero-order valence-corrected chi connectivity index (χ0v) is 13.9. The van der Waals surface area contributed by atoms with Crippen molar-refractivity contribution in [2.24, 2.45) is 0 Å². The Bertz CT molecular complexity index is 818. The number of hydrogen-bond donors (Lipinski definition) is 1. The molecule has 2 aromatic rings. The van der Waals surface area contributed by atoms with Gasteiger partial charge in [-0.2, -0.15) is 0 Å². The maximum Gasteiger partial charge on any atom is 0.289 e. The fourth-order valence-corrected chi connectivity index (χ4v) is 3.03. The fraction of sp³-hybridized carbons (Fsp3) is 0.111. The summed E-state index contributed by atoms with van der Waals surface area (Å²) in [4.78, 5) is 48.3. The first-order valence-electron chi connectivity index (χ1n) is 7.51. The van der Waals surface area contributed by atoms with E-state index in [1.807, 2.05) is 6.07 Å². The van der Waals surface area contributed by atoms with E-state index in [4.69, 9.17) is 0 Å². The highest BCUT2D eigenvalue weighted by molar-refractivity contribution is 8.14. The maximum absolute atomic E-state index is 12.2. The van der Waals surface area contributed by atoms with Crippen LogP contribution in [0.3, 0.4) is 0 Å². The Hall–Kier alpha value is -2.93. The lowest BCUT2D eigenvalue weighted by molar-refractivity contribution is -0.124. The number of rotatable bonds is 5. The minimum atomic E-state index is -0.398. The maximum atomic E-state index is 12.2. The predicted molar refractivity (Wildman–Crippen MR) is 94.7 cm³/mol. The Labute approximate surface area is 148 Å². The summed E-state index contributed by atoms with van der Waals surface area (Å²) in [6.07, 6.45) is 0. The fourth-order valence-electron chi connectivity index (χ4n) is 2.30. The molecule has 0 unspecified atom stereocenters. The second kappa shape index (κ2) is 7.31. The van der Waals surface area contributed by atoms with Crippen molar-refractivity contribution in [2.75, 3.05) is 17.6 Å². The smallest absolute Gasteiger partial charge is 0.289 e. The zero-order valence-electron chi connectivity index (χ0n) is 13.1. The number of Topliss-reactive ketones (excluding diaryl/α,β-unsaturated/α-hetero) is 1. The molecule has 0 radical (unpaired) electrons. The lowest BCUT2D eigenvalue weighted by Gasteiger charge is -2.12. The largest absolute Gasteiger partial charge is 0.322 e. The minimum absolute atomic E-state index is 0.0799. The van der Waals surface area contributed by atoms with E-state index in [1.165, 1.54) is 0 Å². The number of nitrogens with one attached hydrogen (secondary N) is 1. The van der Waals surface area contributed by atoms with Crippen molar-refractivity contribution < 1.29 is 19.2 Å². The van der Waals surface area contributed by atoms with Crippen molar-refractivity contribution in [3.05, 3.63) is 65.7 Å². The Morgan fingerprint density at radius 2 is 1.64 bits per heavy atom. The molecule has 0 bridgehead atoms. The van der Waals surface area contributed by atoms with Crippen LogP contribution in [0.2, 0.25) is 0 Å². The molecule has 25 heavy (non-hydrogen) atoms. The number of benzene rings is 2. The normalized spacial score (nSPS) is 13.8. The highest BCUT2D eigenvalue weighted by Gasteiger charge is 2.31. The summed E-state index contributed by atoms with van der Waals surface area (Å²) in [5, 5.41) is 2.34. The van der Waals surface area contributed by atoms with E-state index >= 15 is 0 Å². The van der Waals surface area contributed by atoms with Gasteiger partial charge in [-0.1, -0.05) is 30.0 Å². The predicted octanol–water partition coefficient (Wildman–Crippen LogP) is 2.82. The molecule has 3 rings (SSSR count). The molecular weight excluding hydrogens is 340 g/mol. The van der Waals surface area contributed by atoms with Crippen molar-refractivity contribution in [3.63, 3.8) is 0 Å². The van der Waals surface area contributed by atoms with Crippen molar-refractivity contribution in [1.29, 1.82) is 0 Å². The molecule has 1 fully saturated rings. The molecule has 7 heteroatoms. The van der Waals surface area contributed by atoms with Crippen LogP contribution >= 0.6 is 11.8 Å². The van der Waals surface area contributed by atoms with E-state index in [0.717, 1.165) is 16.7 Å². The van der Waals surface area contributed by atoms with Crippen LogP contribution in [0.25, 0.3) is 0 Å². The summed E-state index contributed by atoms with van der Waals surface area (Å²) in [6.45, 7) is -0.264. The number of carbonyl (C=O) groups is 4. The zero-order chi connectivity index (χ0) is 17.8. The van der Waals surface area contributed by atoms with Gasteiger partial charge in [0, 0.05) is 16.8 Å². The van der Waals surface area contributed by atoms with Gasteiger partial charge in [-0.25, -0.2) is 0 Å². The highest BCUT2D eigenvalue weighted by Crippen LogP contribution is 2.19. The molecule has 3 amide bonds. The van der Waals surface area contributed by atoms with Gasteiger partial charge in [-0.15, -0.1) is 0 Å². The molecule has 0 atom stereocenters. The topological polar surface area (TPSA) is 83.6 Å². The van der Waals surface area contributed by atoms with Crippen LogP contribution < -0.4 is 5.32 Å². The standard InChI is InChI=1S/C18H14N2O4S/c21-15(10-20-16(22)11-25-18(20)24)12-6-8-14(9-7-12)19-17(23)13-4-2-1-3-5-13/h1-9H,10-11H2,(H,19,23). The molecular formula is C18H14N2O4S. The summed E-state index contributed by atoms with van der Waals surface area (Å²) in [6, 6.07) is 15.1. The van der Waals surface area contributed by atoms with E-state index in [0.29, 0.717) is 16.8 Å². The number of imide groups is 1. The Morgan fingerprint density at radius 1 is 0.960 bits per heavy atom. The molecule has 0 aliphatic carbocycles. The van der Waals surface area contributed by atoms with Gasteiger partial charge in [0.2, 0.25) is 5.91 Å².